The van der Waals surface area contributed by atoms with E-state index in [9.17, 15) is 0 Å². The Kier molecular flexibility index (Phi) is 5.86. The van der Waals surface area contributed by atoms with E-state index in [1.54, 1.807) is 0 Å². The molecule has 2 unspecified atom stereocenters. The summed E-state index contributed by atoms with van der Waals surface area (Å²) in [5.41, 5.74) is 3.89. The van der Waals surface area contributed by atoms with Crippen LogP contribution in [-0.2, 0) is 12.8 Å². The normalized spacial score (nSPS) is 14.1. The maximum atomic E-state index is 6.18. The van der Waals surface area contributed by atoms with Gasteiger partial charge >= 0.3 is 0 Å². The molecule has 114 valence electrons. The number of aryl methyl sites for hydroxylation is 1. The zero-order valence-electron chi connectivity index (χ0n) is 13.2. The molecule has 0 saturated carbocycles. The number of rotatable bonds is 7. The number of alkyl halides is 1. The predicted octanol–water partition coefficient (Wildman–Crippen LogP) is 4.80. The van der Waals surface area contributed by atoms with Crippen LogP contribution in [0.1, 0.15) is 43.1 Å². The second-order valence-electron chi connectivity index (χ2n) is 5.90. The van der Waals surface area contributed by atoms with Crippen LogP contribution >= 0.6 is 11.6 Å². The first-order valence-electron chi connectivity index (χ1n) is 7.78. The van der Waals surface area contributed by atoms with Gasteiger partial charge in [0, 0.05) is 18.1 Å². The number of halogens is 1. The fourth-order valence-electron chi connectivity index (χ4n) is 2.55. The molecule has 0 saturated heterocycles. The van der Waals surface area contributed by atoms with Gasteiger partial charge in [0.1, 0.15) is 0 Å². The molecule has 0 aliphatic carbocycles. The van der Waals surface area contributed by atoms with Gasteiger partial charge in [0.15, 0.2) is 0 Å². The lowest BCUT2D eigenvalue weighted by molar-refractivity contribution is 0.467. The standard InChI is InChI=1S/C18H25ClN2/c1-4-15(3)21-10-9-18(20-21)12-16(13-19)11-17-8-6-5-7-14(17)2/h5-10,15-16H,4,11-13H2,1-3H3. The first-order valence-corrected chi connectivity index (χ1v) is 8.32. The van der Waals surface area contributed by atoms with Crippen LogP contribution in [0.25, 0.3) is 0 Å². The highest BCUT2D eigenvalue weighted by Gasteiger charge is 2.13. The molecule has 1 heterocycles. The fourth-order valence-corrected chi connectivity index (χ4v) is 2.76. The highest BCUT2D eigenvalue weighted by atomic mass is 35.5. The van der Waals surface area contributed by atoms with Crippen LogP contribution in [0.4, 0.5) is 0 Å². The summed E-state index contributed by atoms with van der Waals surface area (Å²) in [7, 11) is 0. The van der Waals surface area contributed by atoms with Crippen molar-refractivity contribution >= 4 is 11.6 Å². The van der Waals surface area contributed by atoms with Crippen molar-refractivity contribution in [1.29, 1.82) is 0 Å². The third-order valence-electron chi connectivity index (χ3n) is 4.19. The second-order valence-corrected chi connectivity index (χ2v) is 6.21. The van der Waals surface area contributed by atoms with Gasteiger partial charge in [0.2, 0.25) is 0 Å². The zero-order chi connectivity index (χ0) is 15.2. The Bertz CT molecular complexity index is 562. The molecule has 0 amide bonds. The van der Waals surface area contributed by atoms with Crippen molar-refractivity contribution < 1.29 is 0 Å². The van der Waals surface area contributed by atoms with Crippen molar-refractivity contribution in [2.45, 2.75) is 46.1 Å². The van der Waals surface area contributed by atoms with Gasteiger partial charge in [-0.2, -0.15) is 5.10 Å². The van der Waals surface area contributed by atoms with Crippen molar-refractivity contribution in [3.63, 3.8) is 0 Å². The SMILES string of the molecule is CCC(C)n1ccc(CC(CCl)Cc2ccccc2C)n1. The lowest BCUT2D eigenvalue weighted by Crippen LogP contribution is -2.12. The first-order chi connectivity index (χ1) is 10.1. The second kappa shape index (κ2) is 7.65. The maximum Gasteiger partial charge on any atom is 0.0628 e. The average Bonchev–Trinajstić information content (AvgIpc) is 2.96. The molecular formula is C18H25ClN2. The quantitative estimate of drug-likeness (QED) is 0.672. The van der Waals surface area contributed by atoms with Gasteiger partial charge in [-0.3, -0.25) is 4.68 Å². The molecule has 1 aromatic carbocycles. The van der Waals surface area contributed by atoms with Crippen LogP contribution in [0, 0.1) is 12.8 Å². The summed E-state index contributed by atoms with van der Waals surface area (Å²) < 4.78 is 2.06. The van der Waals surface area contributed by atoms with Crippen LogP contribution < -0.4 is 0 Å². The fraction of sp³-hybridized carbons (Fsp3) is 0.500. The molecule has 2 rings (SSSR count). The van der Waals surface area contributed by atoms with E-state index in [0.717, 1.165) is 25.0 Å². The first kappa shape index (κ1) is 16.1. The van der Waals surface area contributed by atoms with E-state index >= 15 is 0 Å². The molecule has 2 atom stereocenters. The highest BCUT2D eigenvalue weighted by molar-refractivity contribution is 6.18. The van der Waals surface area contributed by atoms with Gasteiger partial charge in [-0.25, -0.2) is 0 Å². The van der Waals surface area contributed by atoms with Gasteiger partial charge in [0.25, 0.3) is 0 Å². The monoisotopic (exact) mass is 304 g/mol. The minimum atomic E-state index is 0.438. The molecule has 0 bridgehead atoms. The van der Waals surface area contributed by atoms with E-state index in [1.807, 2.05) is 0 Å². The molecule has 2 aromatic rings. The van der Waals surface area contributed by atoms with Gasteiger partial charge in [-0.1, -0.05) is 31.2 Å². The molecule has 0 radical (unpaired) electrons. The van der Waals surface area contributed by atoms with Gasteiger partial charge < -0.3 is 0 Å². The van der Waals surface area contributed by atoms with Crippen molar-refractivity contribution in [3.05, 3.63) is 53.3 Å². The average molecular weight is 305 g/mol. The van der Waals surface area contributed by atoms with Crippen LogP contribution in [-0.4, -0.2) is 15.7 Å². The lowest BCUT2D eigenvalue weighted by Gasteiger charge is -2.14. The summed E-state index contributed by atoms with van der Waals surface area (Å²) >= 11 is 6.18. The van der Waals surface area contributed by atoms with Crippen LogP contribution in [0.3, 0.4) is 0 Å². The molecule has 21 heavy (non-hydrogen) atoms. The smallest absolute Gasteiger partial charge is 0.0628 e. The van der Waals surface area contributed by atoms with Crippen molar-refractivity contribution in [1.82, 2.24) is 9.78 Å². The van der Waals surface area contributed by atoms with Gasteiger partial charge in [0.05, 0.1) is 5.69 Å². The highest BCUT2D eigenvalue weighted by Crippen LogP contribution is 2.19. The van der Waals surface area contributed by atoms with E-state index in [4.69, 9.17) is 16.7 Å². The minimum Gasteiger partial charge on any atom is -0.270 e. The molecule has 0 N–H and O–H groups in total. The Hall–Kier alpha value is -1.28. The van der Waals surface area contributed by atoms with Crippen molar-refractivity contribution in [3.8, 4) is 0 Å². The Labute approximate surface area is 133 Å². The summed E-state index contributed by atoms with van der Waals surface area (Å²) in [6.07, 6.45) is 5.15. The number of benzene rings is 1. The summed E-state index contributed by atoms with van der Waals surface area (Å²) in [5, 5.41) is 4.69. The molecular weight excluding hydrogens is 280 g/mol. The summed E-state index contributed by atoms with van der Waals surface area (Å²) in [5.74, 6) is 1.11. The van der Waals surface area contributed by atoms with Crippen LogP contribution in [0.15, 0.2) is 36.5 Å². The molecule has 0 aliphatic heterocycles. The minimum absolute atomic E-state index is 0.438. The third kappa shape index (κ3) is 4.34. The number of nitrogens with zero attached hydrogens (tertiary/aromatic N) is 2. The van der Waals surface area contributed by atoms with Crippen LogP contribution in [0.5, 0.6) is 0 Å². The van der Waals surface area contributed by atoms with Gasteiger partial charge in [-0.05, 0) is 56.2 Å². The van der Waals surface area contributed by atoms with E-state index in [2.05, 4.69) is 62.0 Å². The number of hydrogen-bond donors (Lipinski definition) is 0. The molecule has 0 spiro atoms. The van der Waals surface area contributed by atoms with E-state index in [1.165, 1.54) is 11.1 Å². The Morgan fingerprint density at radius 3 is 2.62 bits per heavy atom. The topological polar surface area (TPSA) is 17.8 Å². The maximum absolute atomic E-state index is 6.18. The van der Waals surface area contributed by atoms with Gasteiger partial charge in [-0.15, -0.1) is 11.6 Å². The third-order valence-corrected chi connectivity index (χ3v) is 4.63. The number of hydrogen-bond acceptors (Lipinski definition) is 1. The largest absolute Gasteiger partial charge is 0.270 e. The lowest BCUT2D eigenvalue weighted by atomic mass is 9.94. The molecule has 2 nitrogen and oxygen atoms in total. The van der Waals surface area contributed by atoms with Crippen LogP contribution in [0.2, 0.25) is 0 Å². The van der Waals surface area contributed by atoms with E-state index < -0.39 is 0 Å². The van der Waals surface area contributed by atoms with Crippen molar-refractivity contribution in [2.75, 3.05) is 5.88 Å². The summed E-state index contributed by atoms with van der Waals surface area (Å²) in [4.78, 5) is 0. The Balaban J connectivity index is 2.02. The molecule has 1 aromatic heterocycles. The molecule has 0 fully saturated rings. The van der Waals surface area contributed by atoms with E-state index in [-0.39, 0.29) is 0 Å². The Morgan fingerprint density at radius 2 is 1.95 bits per heavy atom. The Morgan fingerprint density at radius 1 is 1.19 bits per heavy atom. The predicted molar refractivity (Wildman–Crippen MR) is 90.0 cm³/mol. The van der Waals surface area contributed by atoms with E-state index in [0.29, 0.717) is 17.8 Å². The summed E-state index contributed by atoms with van der Waals surface area (Å²) in [6.45, 7) is 6.55. The van der Waals surface area contributed by atoms with Crippen molar-refractivity contribution in [2.24, 2.45) is 5.92 Å². The number of aromatic nitrogens is 2. The zero-order valence-corrected chi connectivity index (χ0v) is 14.0. The molecule has 0 aliphatic rings. The molecule has 3 heteroatoms. The summed E-state index contributed by atoms with van der Waals surface area (Å²) in [6, 6.07) is 11.1.